The largest absolute Gasteiger partial charge is 0.480 e. The third-order valence-electron chi connectivity index (χ3n) is 3.52. The zero-order valence-corrected chi connectivity index (χ0v) is 11.1. The van der Waals surface area contributed by atoms with Gasteiger partial charge in [0.1, 0.15) is 5.82 Å². The molecule has 2 rings (SSSR count). The molecule has 0 aromatic heterocycles. The molecule has 1 aliphatic rings. The zero-order chi connectivity index (χ0) is 13.8. The number of piperazine rings is 1. The van der Waals surface area contributed by atoms with Crippen molar-refractivity contribution in [3.63, 3.8) is 0 Å². The molecule has 0 bridgehead atoms. The van der Waals surface area contributed by atoms with E-state index in [1.165, 1.54) is 6.07 Å². The van der Waals surface area contributed by atoms with Crippen molar-refractivity contribution in [1.82, 2.24) is 9.80 Å². The molecule has 1 aromatic rings. The van der Waals surface area contributed by atoms with Crippen LogP contribution in [0.5, 0.6) is 0 Å². The Balaban J connectivity index is 1.87. The summed E-state index contributed by atoms with van der Waals surface area (Å²) in [5, 5.41) is 8.74. The van der Waals surface area contributed by atoms with Gasteiger partial charge >= 0.3 is 5.97 Å². The van der Waals surface area contributed by atoms with E-state index in [0.29, 0.717) is 0 Å². The molecular formula is C14H19FN2O2. The van der Waals surface area contributed by atoms with Gasteiger partial charge in [-0.1, -0.05) is 6.07 Å². The molecule has 0 unspecified atom stereocenters. The van der Waals surface area contributed by atoms with Gasteiger partial charge in [0.25, 0.3) is 0 Å². The Morgan fingerprint density at radius 3 is 2.47 bits per heavy atom. The minimum absolute atomic E-state index is 0.115. The van der Waals surface area contributed by atoms with Crippen molar-refractivity contribution in [3.8, 4) is 0 Å². The molecule has 0 amide bonds. The first-order chi connectivity index (χ1) is 9.04. The Morgan fingerprint density at radius 1 is 1.26 bits per heavy atom. The van der Waals surface area contributed by atoms with Gasteiger partial charge in [-0.05, 0) is 30.2 Å². The molecule has 1 aromatic carbocycles. The molecule has 5 heteroatoms. The Bertz CT molecular complexity index is 457. The van der Waals surface area contributed by atoms with E-state index in [4.69, 9.17) is 5.11 Å². The van der Waals surface area contributed by atoms with Gasteiger partial charge in [0.15, 0.2) is 0 Å². The second kappa shape index (κ2) is 6.12. The highest BCUT2D eigenvalue weighted by Crippen LogP contribution is 2.14. The van der Waals surface area contributed by atoms with Crippen molar-refractivity contribution < 1.29 is 14.3 Å². The summed E-state index contributed by atoms with van der Waals surface area (Å²) in [7, 11) is 0. The van der Waals surface area contributed by atoms with Crippen LogP contribution >= 0.6 is 0 Å². The molecule has 0 atom stereocenters. The fraction of sp³-hybridized carbons (Fsp3) is 0.500. The van der Waals surface area contributed by atoms with Gasteiger partial charge < -0.3 is 5.11 Å². The highest BCUT2D eigenvalue weighted by molar-refractivity contribution is 5.69. The van der Waals surface area contributed by atoms with Gasteiger partial charge in [-0.2, -0.15) is 0 Å². The molecule has 1 heterocycles. The number of aryl methyl sites for hydroxylation is 1. The van der Waals surface area contributed by atoms with Crippen LogP contribution in [0.25, 0.3) is 0 Å². The maximum Gasteiger partial charge on any atom is 0.317 e. The first-order valence-electron chi connectivity index (χ1n) is 6.46. The van der Waals surface area contributed by atoms with Crippen molar-refractivity contribution in [2.45, 2.75) is 13.5 Å². The van der Waals surface area contributed by atoms with Crippen molar-refractivity contribution in [2.75, 3.05) is 32.7 Å². The highest BCUT2D eigenvalue weighted by Gasteiger charge is 2.18. The number of rotatable bonds is 4. The molecule has 1 saturated heterocycles. The van der Waals surface area contributed by atoms with E-state index < -0.39 is 5.97 Å². The van der Waals surface area contributed by atoms with Crippen molar-refractivity contribution in [1.29, 1.82) is 0 Å². The molecule has 1 aliphatic heterocycles. The Kier molecular flexibility index (Phi) is 4.50. The second-order valence-corrected chi connectivity index (χ2v) is 5.02. The third kappa shape index (κ3) is 4.01. The summed E-state index contributed by atoms with van der Waals surface area (Å²) >= 11 is 0. The Hall–Kier alpha value is -1.46. The van der Waals surface area contributed by atoms with Crippen LogP contribution < -0.4 is 0 Å². The number of halogens is 1. The van der Waals surface area contributed by atoms with Crippen molar-refractivity contribution in [3.05, 3.63) is 35.1 Å². The molecule has 4 nitrogen and oxygen atoms in total. The van der Waals surface area contributed by atoms with Crippen LogP contribution in [-0.2, 0) is 11.3 Å². The number of nitrogens with zero attached hydrogens (tertiary/aromatic N) is 2. The Labute approximate surface area is 112 Å². The number of carbonyl (C=O) groups is 1. The van der Waals surface area contributed by atoms with E-state index in [1.54, 1.807) is 6.07 Å². The highest BCUT2D eigenvalue weighted by atomic mass is 19.1. The topological polar surface area (TPSA) is 43.8 Å². The predicted octanol–water partition coefficient (Wildman–Crippen LogP) is 1.34. The summed E-state index contributed by atoms with van der Waals surface area (Å²) in [4.78, 5) is 14.8. The molecular weight excluding hydrogens is 247 g/mol. The lowest BCUT2D eigenvalue weighted by Gasteiger charge is -2.34. The van der Waals surface area contributed by atoms with E-state index in [-0.39, 0.29) is 12.4 Å². The van der Waals surface area contributed by atoms with Gasteiger partial charge in [0, 0.05) is 32.7 Å². The standard InChI is InChI=1S/C14H19FN2O2/c1-11-8-13(15)3-2-12(11)9-16-4-6-17(7-5-16)10-14(18)19/h2-3,8H,4-7,9-10H2,1H3,(H,18,19). The summed E-state index contributed by atoms with van der Waals surface area (Å²) in [6.45, 7) is 6.07. The third-order valence-corrected chi connectivity index (χ3v) is 3.52. The molecule has 104 valence electrons. The molecule has 0 spiro atoms. The molecule has 0 saturated carbocycles. The van der Waals surface area contributed by atoms with Gasteiger partial charge in [-0.25, -0.2) is 4.39 Å². The number of carboxylic acids is 1. The van der Waals surface area contributed by atoms with Gasteiger partial charge in [-0.3, -0.25) is 14.6 Å². The first kappa shape index (κ1) is 14.0. The zero-order valence-electron chi connectivity index (χ0n) is 11.1. The minimum atomic E-state index is -0.775. The number of hydrogen-bond donors (Lipinski definition) is 1. The quantitative estimate of drug-likeness (QED) is 0.893. The average molecular weight is 266 g/mol. The molecule has 0 aliphatic carbocycles. The maximum absolute atomic E-state index is 13.0. The SMILES string of the molecule is Cc1cc(F)ccc1CN1CCN(CC(=O)O)CC1. The maximum atomic E-state index is 13.0. The molecule has 0 radical (unpaired) electrons. The number of aliphatic carboxylic acids is 1. The van der Waals surface area contributed by atoms with E-state index in [2.05, 4.69) is 4.90 Å². The van der Waals surface area contributed by atoms with Gasteiger partial charge in [0.2, 0.25) is 0 Å². The first-order valence-corrected chi connectivity index (χ1v) is 6.46. The second-order valence-electron chi connectivity index (χ2n) is 5.02. The van der Waals surface area contributed by atoms with Crippen LogP contribution in [0.1, 0.15) is 11.1 Å². The van der Waals surface area contributed by atoms with Crippen molar-refractivity contribution in [2.24, 2.45) is 0 Å². The minimum Gasteiger partial charge on any atom is -0.480 e. The molecule has 1 fully saturated rings. The summed E-state index contributed by atoms with van der Waals surface area (Å²) in [6.07, 6.45) is 0. The van der Waals surface area contributed by atoms with Crippen LogP contribution in [-0.4, -0.2) is 53.6 Å². The monoisotopic (exact) mass is 266 g/mol. The van der Waals surface area contributed by atoms with E-state index in [0.717, 1.165) is 43.9 Å². The van der Waals surface area contributed by atoms with Crippen LogP contribution in [0, 0.1) is 12.7 Å². The number of hydrogen-bond acceptors (Lipinski definition) is 3. The van der Waals surface area contributed by atoms with Crippen LogP contribution in [0.15, 0.2) is 18.2 Å². The van der Waals surface area contributed by atoms with Crippen LogP contribution in [0.4, 0.5) is 4.39 Å². The molecule has 19 heavy (non-hydrogen) atoms. The number of benzene rings is 1. The van der Waals surface area contributed by atoms with E-state index in [1.807, 2.05) is 17.9 Å². The molecule has 1 N–H and O–H groups in total. The van der Waals surface area contributed by atoms with E-state index >= 15 is 0 Å². The predicted molar refractivity (Wildman–Crippen MR) is 70.5 cm³/mol. The summed E-state index contributed by atoms with van der Waals surface area (Å²) in [6, 6.07) is 4.87. The fourth-order valence-corrected chi connectivity index (χ4v) is 2.37. The van der Waals surface area contributed by atoms with Crippen LogP contribution in [0.3, 0.4) is 0 Å². The Morgan fingerprint density at radius 2 is 1.89 bits per heavy atom. The average Bonchev–Trinajstić information content (AvgIpc) is 2.34. The van der Waals surface area contributed by atoms with Gasteiger partial charge in [0.05, 0.1) is 6.54 Å². The van der Waals surface area contributed by atoms with Gasteiger partial charge in [-0.15, -0.1) is 0 Å². The summed E-state index contributed by atoms with van der Waals surface area (Å²) in [5.74, 6) is -0.977. The lowest BCUT2D eigenvalue weighted by Crippen LogP contribution is -2.47. The lowest BCUT2D eigenvalue weighted by molar-refractivity contribution is -0.138. The summed E-state index contributed by atoms with van der Waals surface area (Å²) in [5.41, 5.74) is 2.10. The number of carboxylic acid groups (broad SMARTS) is 1. The van der Waals surface area contributed by atoms with Crippen molar-refractivity contribution >= 4 is 5.97 Å². The lowest BCUT2D eigenvalue weighted by atomic mass is 10.1. The van der Waals surface area contributed by atoms with E-state index in [9.17, 15) is 9.18 Å². The summed E-state index contributed by atoms with van der Waals surface area (Å²) < 4.78 is 13.0. The normalized spacial score (nSPS) is 17.6. The fourth-order valence-electron chi connectivity index (χ4n) is 2.37. The smallest absolute Gasteiger partial charge is 0.317 e. The van der Waals surface area contributed by atoms with Crippen LogP contribution in [0.2, 0.25) is 0 Å².